The molecule has 0 aliphatic carbocycles. The quantitative estimate of drug-likeness (QED) is 0.467. The molecule has 0 bridgehead atoms. The topological polar surface area (TPSA) is 14.2 Å². The number of nitrogens with zero attached hydrogens (tertiary/aromatic N) is 1. The molecular weight excluding hydrogens is 210 g/mol. The van der Waals surface area contributed by atoms with Gasteiger partial charge in [-0.05, 0) is 30.9 Å². The van der Waals surface area contributed by atoms with E-state index in [4.69, 9.17) is 4.74 Å². The Bertz CT molecular complexity index is 328. The summed E-state index contributed by atoms with van der Waals surface area (Å²) in [7, 11) is 0. The van der Waals surface area contributed by atoms with Crippen LogP contribution in [0.4, 0.5) is 0 Å². The molecule has 0 radical (unpaired) electrons. The lowest BCUT2D eigenvalue weighted by molar-refractivity contribution is 0.235. The second-order valence-electron chi connectivity index (χ2n) is 4.37. The van der Waals surface area contributed by atoms with Crippen LogP contribution in [0.2, 0.25) is 0 Å². The minimum Gasteiger partial charge on any atom is -0.500 e. The van der Waals surface area contributed by atoms with Crippen molar-refractivity contribution >= 4 is 0 Å². The minimum absolute atomic E-state index is 0.711. The van der Waals surface area contributed by atoms with Crippen LogP contribution in [0, 0.1) is 0 Å². The first-order valence-electron chi connectivity index (χ1n) is 6.72. The number of hydrogen-bond acceptors (Lipinski definition) is 1. The van der Waals surface area contributed by atoms with E-state index < -0.39 is 0 Å². The molecule has 2 heteroatoms. The molecule has 1 heterocycles. The average Bonchev–Trinajstić information content (AvgIpc) is 2.70. The first-order chi connectivity index (χ1) is 8.33. The van der Waals surface area contributed by atoms with Crippen molar-refractivity contribution in [2.75, 3.05) is 6.61 Å². The van der Waals surface area contributed by atoms with Crippen LogP contribution in [-0.4, -0.2) is 11.2 Å². The normalized spacial score (nSPS) is 10.5. The molecule has 0 aromatic carbocycles. The summed E-state index contributed by atoms with van der Waals surface area (Å²) in [6.45, 7) is 9.69. The molecule has 0 saturated heterocycles. The van der Waals surface area contributed by atoms with Gasteiger partial charge in [0.1, 0.15) is 6.61 Å². The van der Waals surface area contributed by atoms with E-state index in [0.717, 1.165) is 6.54 Å². The van der Waals surface area contributed by atoms with Crippen LogP contribution in [0.5, 0.6) is 0 Å². The van der Waals surface area contributed by atoms with E-state index in [1.807, 2.05) is 0 Å². The van der Waals surface area contributed by atoms with E-state index in [1.54, 1.807) is 0 Å². The summed E-state index contributed by atoms with van der Waals surface area (Å²) in [5.74, 6) is 0. The van der Waals surface area contributed by atoms with Gasteiger partial charge in [-0.2, -0.15) is 0 Å². The minimum atomic E-state index is 0.711. The van der Waals surface area contributed by atoms with Crippen molar-refractivity contribution in [3.05, 3.63) is 36.4 Å². The zero-order chi connectivity index (χ0) is 12.5. The molecule has 0 atom stereocenters. The first kappa shape index (κ1) is 13.9. The summed E-state index contributed by atoms with van der Waals surface area (Å²) < 4.78 is 7.55. The lowest BCUT2D eigenvalue weighted by Gasteiger charge is -2.11. The summed E-state index contributed by atoms with van der Waals surface area (Å²) >= 11 is 0. The lowest BCUT2D eigenvalue weighted by Crippen LogP contribution is -2.08. The molecule has 0 N–H and O–H groups in total. The van der Waals surface area contributed by atoms with Crippen molar-refractivity contribution in [2.24, 2.45) is 0 Å². The van der Waals surface area contributed by atoms with Crippen LogP contribution >= 0.6 is 0 Å². The van der Waals surface area contributed by atoms with Crippen molar-refractivity contribution in [3.63, 3.8) is 0 Å². The van der Waals surface area contributed by atoms with E-state index >= 15 is 0 Å². The average molecular weight is 235 g/mol. The third kappa shape index (κ3) is 4.29. The number of hydrogen-bond donors (Lipinski definition) is 0. The second kappa shape index (κ2) is 7.99. The summed E-state index contributed by atoms with van der Waals surface area (Å²) in [6, 6.07) is 2.27. The molecule has 17 heavy (non-hydrogen) atoms. The van der Waals surface area contributed by atoms with Gasteiger partial charge in [0.2, 0.25) is 0 Å². The fourth-order valence-electron chi connectivity index (χ4n) is 2.14. The molecule has 1 aromatic rings. The number of aryl methyl sites for hydroxylation is 1. The summed E-state index contributed by atoms with van der Waals surface area (Å²) in [5, 5.41) is 0. The molecule has 96 valence electrons. The van der Waals surface area contributed by atoms with E-state index in [1.165, 1.54) is 49.6 Å². The Labute approximate surface area is 105 Å². The van der Waals surface area contributed by atoms with Gasteiger partial charge in [0, 0.05) is 11.9 Å². The van der Waals surface area contributed by atoms with E-state index in [-0.39, 0.29) is 0 Å². The van der Waals surface area contributed by atoms with E-state index in [9.17, 15) is 0 Å². The van der Waals surface area contributed by atoms with Gasteiger partial charge in [0.05, 0.1) is 12.8 Å². The highest BCUT2D eigenvalue weighted by molar-refractivity contribution is 5.23. The smallest absolute Gasteiger partial charge is 0.105 e. The maximum Gasteiger partial charge on any atom is 0.105 e. The van der Waals surface area contributed by atoms with E-state index in [0.29, 0.717) is 6.61 Å². The molecule has 0 unspecified atom stereocenters. The zero-order valence-corrected chi connectivity index (χ0v) is 11.2. The zero-order valence-electron chi connectivity index (χ0n) is 11.2. The summed E-state index contributed by atoms with van der Waals surface area (Å²) in [6.07, 6.45) is 9.82. The largest absolute Gasteiger partial charge is 0.500 e. The Morgan fingerprint density at radius 3 is 2.76 bits per heavy atom. The van der Waals surface area contributed by atoms with Gasteiger partial charge in [-0.3, -0.25) is 0 Å². The first-order valence-corrected chi connectivity index (χ1v) is 6.72. The molecule has 0 aliphatic rings. The predicted molar refractivity (Wildman–Crippen MR) is 73.2 cm³/mol. The van der Waals surface area contributed by atoms with Gasteiger partial charge in [-0.25, -0.2) is 0 Å². The molecular formula is C15H25NO. The Morgan fingerprint density at radius 1 is 1.29 bits per heavy atom. The van der Waals surface area contributed by atoms with Crippen molar-refractivity contribution in [1.29, 1.82) is 0 Å². The Balaban J connectivity index is 2.68. The van der Waals surface area contributed by atoms with Crippen molar-refractivity contribution in [2.45, 2.75) is 52.5 Å². The van der Waals surface area contributed by atoms with Gasteiger partial charge in [0.25, 0.3) is 0 Å². The van der Waals surface area contributed by atoms with E-state index in [2.05, 4.69) is 37.3 Å². The van der Waals surface area contributed by atoms with Gasteiger partial charge in [-0.1, -0.05) is 33.3 Å². The van der Waals surface area contributed by atoms with Crippen LogP contribution < -0.4 is 0 Å². The number of aromatic nitrogens is 1. The van der Waals surface area contributed by atoms with Crippen LogP contribution in [0.3, 0.4) is 0 Å². The summed E-state index contributed by atoms with van der Waals surface area (Å²) in [4.78, 5) is 0. The molecule has 0 spiro atoms. The predicted octanol–water partition coefficient (Wildman–Crippen LogP) is 3.94. The lowest BCUT2D eigenvalue weighted by atomic mass is 10.1. The third-order valence-electron chi connectivity index (χ3n) is 3.03. The highest BCUT2D eigenvalue weighted by Gasteiger charge is 2.07. The fraction of sp³-hybridized carbons (Fsp3) is 0.600. The number of unbranched alkanes of at least 4 members (excludes halogenated alkanes) is 1. The maximum atomic E-state index is 5.21. The van der Waals surface area contributed by atoms with Gasteiger partial charge < -0.3 is 9.30 Å². The Morgan fingerprint density at radius 2 is 2.12 bits per heavy atom. The Kier molecular flexibility index (Phi) is 6.53. The molecule has 0 saturated carbocycles. The molecule has 0 amide bonds. The Hall–Kier alpha value is -1.18. The monoisotopic (exact) mass is 235 g/mol. The van der Waals surface area contributed by atoms with Gasteiger partial charge >= 0.3 is 0 Å². The van der Waals surface area contributed by atoms with Crippen LogP contribution in [0.25, 0.3) is 0 Å². The highest BCUT2D eigenvalue weighted by atomic mass is 16.5. The third-order valence-corrected chi connectivity index (χ3v) is 3.03. The fourth-order valence-corrected chi connectivity index (χ4v) is 2.14. The van der Waals surface area contributed by atoms with Gasteiger partial charge in [-0.15, -0.1) is 0 Å². The molecule has 2 nitrogen and oxygen atoms in total. The standard InChI is InChI=1S/C15H25NO/c1-4-7-9-15-14(8-5-2)10-11-16(15)12-13-17-6-3/h6,10-11H,3-5,7-9,12-13H2,1-2H3. The molecule has 0 aliphatic heterocycles. The SMILES string of the molecule is C=COCCn1ccc(CCC)c1CCCC. The molecule has 1 aromatic heterocycles. The number of rotatable bonds is 9. The maximum absolute atomic E-state index is 5.21. The summed E-state index contributed by atoms with van der Waals surface area (Å²) in [5.41, 5.74) is 3.01. The van der Waals surface area contributed by atoms with Crippen molar-refractivity contribution in [3.8, 4) is 0 Å². The molecule has 0 fully saturated rings. The van der Waals surface area contributed by atoms with Crippen LogP contribution in [-0.2, 0) is 24.1 Å². The van der Waals surface area contributed by atoms with Gasteiger partial charge in [0.15, 0.2) is 0 Å². The van der Waals surface area contributed by atoms with Crippen LogP contribution in [0.1, 0.15) is 44.4 Å². The van der Waals surface area contributed by atoms with Crippen molar-refractivity contribution in [1.82, 2.24) is 4.57 Å². The van der Waals surface area contributed by atoms with Crippen LogP contribution in [0.15, 0.2) is 25.1 Å². The second-order valence-corrected chi connectivity index (χ2v) is 4.37. The van der Waals surface area contributed by atoms with Crippen molar-refractivity contribution < 1.29 is 4.74 Å². The highest BCUT2D eigenvalue weighted by Crippen LogP contribution is 2.16. The number of ether oxygens (including phenoxy) is 1. The molecule has 1 rings (SSSR count).